The van der Waals surface area contributed by atoms with Gasteiger partial charge in [-0.05, 0) is 12.1 Å². The van der Waals surface area contributed by atoms with Crippen LogP contribution in [0.2, 0.25) is 5.02 Å². The number of halogens is 1. The van der Waals surface area contributed by atoms with Crippen LogP contribution >= 0.6 is 23.4 Å². The molecule has 0 saturated carbocycles. The van der Waals surface area contributed by atoms with E-state index < -0.39 is 4.92 Å². The smallest absolute Gasteiger partial charge is 0.288 e. The molecule has 1 fully saturated rings. The first kappa shape index (κ1) is 13.2. The Morgan fingerprint density at radius 2 is 2.06 bits per heavy atom. The minimum Gasteiger partial charge on any atom is -0.337 e. The summed E-state index contributed by atoms with van der Waals surface area (Å²) in [7, 11) is 0. The van der Waals surface area contributed by atoms with Crippen molar-refractivity contribution in [2.45, 2.75) is 0 Å². The lowest BCUT2D eigenvalue weighted by molar-refractivity contribution is -0.384. The molecular weight excluding hydrogens is 276 g/mol. The van der Waals surface area contributed by atoms with Crippen LogP contribution in [-0.4, -0.2) is 40.3 Å². The molecule has 0 radical (unpaired) electrons. The standard InChI is InChI=1S/C11H11ClN2O3S/c12-9-2-1-8(7-10(9)14(16)17)11(15)13-3-5-18-6-4-13/h1-2,7H,3-6H2. The molecule has 0 aliphatic carbocycles. The number of thioether (sulfide) groups is 1. The molecule has 96 valence electrons. The highest BCUT2D eigenvalue weighted by Gasteiger charge is 2.21. The van der Waals surface area contributed by atoms with E-state index >= 15 is 0 Å². The number of rotatable bonds is 2. The average Bonchev–Trinajstić information content (AvgIpc) is 2.39. The van der Waals surface area contributed by atoms with Gasteiger partial charge in [0.25, 0.3) is 11.6 Å². The fraction of sp³-hybridized carbons (Fsp3) is 0.364. The molecule has 0 unspecified atom stereocenters. The molecule has 1 amide bonds. The minimum absolute atomic E-state index is 0.0470. The summed E-state index contributed by atoms with van der Waals surface area (Å²) in [5, 5.41) is 10.8. The van der Waals surface area contributed by atoms with E-state index in [2.05, 4.69) is 0 Å². The Morgan fingerprint density at radius 3 is 2.67 bits per heavy atom. The molecule has 0 spiro atoms. The quantitative estimate of drug-likeness (QED) is 0.619. The van der Waals surface area contributed by atoms with Gasteiger partial charge in [0, 0.05) is 36.2 Å². The normalized spacial score (nSPS) is 15.5. The van der Waals surface area contributed by atoms with Gasteiger partial charge in [0.05, 0.1) is 4.92 Å². The van der Waals surface area contributed by atoms with Gasteiger partial charge >= 0.3 is 0 Å². The van der Waals surface area contributed by atoms with E-state index in [1.807, 2.05) is 0 Å². The van der Waals surface area contributed by atoms with Crippen molar-refractivity contribution in [2.24, 2.45) is 0 Å². The molecule has 0 atom stereocenters. The van der Waals surface area contributed by atoms with E-state index in [0.717, 1.165) is 11.5 Å². The van der Waals surface area contributed by atoms with Crippen LogP contribution in [0.3, 0.4) is 0 Å². The van der Waals surface area contributed by atoms with E-state index in [1.54, 1.807) is 16.7 Å². The summed E-state index contributed by atoms with van der Waals surface area (Å²) < 4.78 is 0. The van der Waals surface area contributed by atoms with E-state index in [4.69, 9.17) is 11.6 Å². The summed E-state index contributed by atoms with van der Waals surface area (Å²) in [6, 6.07) is 4.16. The molecule has 1 aromatic rings. The SMILES string of the molecule is O=C(c1ccc(Cl)c([N+](=O)[O-])c1)N1CCSCC1. The molecule has 2 rings (SSSR count). The number of carbonyl (C=O) groups is 1. The summed E-state index contributed by atoms with van der Waals surface area (Å²) in [6.07, 6.45) is 0. The Kier molecular flexibility index (Phi) is 4.08. The van der Waals surface area contributed by atoms with Crippen molar-refractivity contribution in [2.75, 3.05) is 24.6 Å². The lowest BCUT2D eigenvalue weighted by Crippen LogP contribution is -2.37. The highest BCUT2D eigenvalue weighted by molar-refractivity contribution is 7.99. The van der Waals surface area contributed by atoms with Gasteiger partial charge in [-0.25, -0.2) is 0 Å². The van der Waals surface area contributed by atoms with Gasteiger partial charge in [0.15, 0.2) is 0 Å². The van der Waals surface area contributed by atoms with Crippen molar-refractivity contribution in [1.29, 1.82) is 0 Å². The van der Waals surface area contributed by atoms with Crippen LogP contribution < -0.4 is 0 Å². The molecule has 1 saturated heterocycles. The number of benzene rings is 1. The van der Waals surface area contributed by atoms with Gasteiger partial charge in [-0.2, -0.15) is 11.8 Å². The molecule has 1 aromatic carbocycles. The number of hydrogen-bond donors (Lipinski definition) is 0. The number of carbonyl (C=O) groups excluding carboxylic acids is 1. The number of amides is 1. The Balaban J connectivity index is 2.24. The molecule has 18 heavy (non-hydrogen) atoms. The fourth-order valence-electron chi connectivity index (χ4n) is 1.73. The first-order chi connectivity index (χ1) is 8.59. The molecule has 1 aliphatic rings. The molecular formula is C11H11ClN2O3S. The second kappa shape index (κ2) is 5.58. The van der Waals surface area contributed by atoms with E-state index in [1.165, 1.54) is 18.2 Å². The van der Waals surface area contributed by atoms with Crippen LogP contribution in [0.4, 0.5) is 5.69 Å². The van der Waals surface area contributed by atoms with Gasteiger partial charge in [-0.3, -0.25) is 14.9 Å². The third kappa shape index (κ3) is 2.76. The van der Waals surface area contributed by atoms with Crippen molar-refractivity contribution in [3.63, 3.8) is 0 Å². The molecule has 5 nitrogen and oxygen atoms in total. The van der Waals surface area contributed by atoms with Crippen molar-refractivity contribution in [1.82, 2.24) is 4.90 Å². The lowest BCUT2D eigenvalue weighted by Gasteiger charge is -2.26. The van der Waals surface area contributed by atoms with Gasteiger partial charge < -0.3 is 4.90 Å². The second-order valence-corrected chi connectivity index (χ2v) is 5.46. The number of nitro groups is 1. The third-order valence-corrected chi connectivity index (χ3v) is 3.95. The maximum Gasteiger partial charge on any atom is 0.288 e. The predicted molar refractivity (Wildman–Crippen MR) is 71.3 cm³/mol. The summed E-state index contributed by atoms with van der Waals surface area (Å²) in [5.41, 5.74) is 0.0897. The van der Waals surface area contributed by atoms with Crippen LogP contribution in [0.25, 0.3) is 0 Å². The summed E-state index contributed by atoms with van der Waals surface area (Å²) in [5.74, 6) is 1.64. The van der Waals surface area contributed by atoms with Crippen LogP contribution in [0.1, 0.15) is 10.4 Å². The second-order valence-electron chi connectivity index (χ2n) is 3.83. The monoisotopic (exact) mass is 286 g/mol. The van der Waals surface area contributed by atoms with Crippen molar-refractivity contribution < 1.29 is 9.72 Å². The number of nitrogens with zero attached hydrogens (tertiary/aromatic N) is 2. The highest BCUT2D eigenvalue weighted by Crippen LogP contribution is 2.26. The Bertz CT molecular complexity index is 489. The topological polar surface area (TPSA) is 63.4 Å². The van der Waals surface area contributed by atoms with Gasteiger partial charge in [0.1, 0.15) is 5.02 Å². The lowest BCUT2D eigenvalue weighted by atomic mass is 10.1. The summed E-state index contributed by atoms with van der Waals surface area (Å²) in [4.78, 5) is 24.0. The average molecular weight is 287 g/mol. The minimum atomic E-state index is -0.578. The fourth-order valence-corrected chi connectivity index (χ4v) is 2.82. The largest absolute Gasteiger partial charge is 0.337 e. The first-order valence-electron chi connectivity index (χ1n) is 5.40. The van der Waals surface area contributed by atoms with Crippen LogP contribution in [-0.2, 0) is 0 Å². The Morgan fingerprint density at radius 1 is 1.39 bits per heavy atom. The molecule has 7 heteroatoms. The van der Waals surface area contributed by atoms with Gasteiger partial charge in [-0.1, -0.05) is 11.6 Å². The molecule has 1 aliphatic heterocycles. The maximum atomic E-state index is 12.1. The number of nitro benzene ring substituents is 1. The van der Waals surface area contributed by atoms with Crippen LogP contribution in [0.5, 0.6) is 0 Å². The van der Waals surface area contributed by atoms with E-state index in [-0.39, 0.29) is 16.6 Å². The molecule has 0 bridgehead atoms. The zero-order valence-electron chi connectivity index (χ0n) is 9.47. The van der Waals surface area contributed by atoms with Crippen molar-refractivity contribution >= 4 is 35.0 Å². The van der Waals surface area contributed by atoms with E-state index in [0.29, 0.717) is 18.7 Å². The van der Waals surface area contributed by atoms with Crippen LogP contribution in [0.15, 0.2) is 18.2 Å². The van der Waals surface area contributed by atoms with Gasteiger partial charge in [0.2, 0.25) is 0 Å². The first-order valence-corrected chi connectivity index (χ1v) is 6.94. The zero-order valence-corrected chi connectivity index (χ0v) is 11.0. The zero-order chi connectivity index (χ0) is 13.1. The van der Waals surface area contributed by atoms with E-state index in [9.17, 15) is 14.9 Å². The third-order valence-electron chi connectivity index (χ3n) is 2.69. The number of hydrogen-bond acceptors (Lipinski definition) is 4. The molecule has 0 N–H and O–H groups in total. The van der Waals surface area contributed by atoms with Crippen molar-refractivity contribution in [3.8, 4) is 0 Å². The molecule has 0 aromatic heterocycles. The summed E-state index contributed by atoms with van der Waals surface area (Å²) in [6.45, 7) is 1.36. The maximum absolute atomic E-state index is 12.1. The van der Waals surface area contributed by atoms with Crippen molar-refractivity contribution in [3.05, 3.63) is 38.9 Å². The molecule has 1 heterocycles. The Labute approximate surface area is 113 Å². The predicted octanol–water partition coefficient (Wildman–Crippen LogP) is 2.44. The Hall–Kier alpha value is -1.27. The van der Waals surface area contributed by atoms with Crippen LogP contribution in [0, 0.1) is 10.1 Å². The summed E-state index contributed by atoms with van der Waals surface area (Å²) >= 11 is 7.51. The highest BCUT2D eigenvalue weighted by atomic mass is 35.5. The van der Waals surface area contributed by atoms with Gasteiger partial charge in [-0.15, -0.1) is 0 Å².